The monoisotopic (exact) mass is 373 g/mol. The summed E-state index contributed by atoms with van der Waals surface area (Å²) < 4.78 is 0. The largest absolute Gasteiger partial charge is 0.352 e. The minimum absolute atomic E-state index is 0.0121. The average Bonchev–Trinajstić information content (AvgIpc) is 3.01. The highest BCUT2D eigenvalue weighted by Gasteiger charge is 2.30. The molecular weight excluding hydrogens is 358 g/mol. The van der Waals surface area contributed by atoms with E-state index in [1.807, 2.05) is 0 Å². The third-order valence-corrected chi connectivity index (χ3v) is 4.47. The maximum Gasteiger partial charge on any atom is 0.270 e. The topological polar surface area (TPSA) is 92.6 Å². The molecule has 2 amide bonds. The highest BCUT2D eigenvalue weighted by atomic mass is 35.5. The van der Waals surface area contributed by atoms with Crippen molar-refractivity contribution in [3.63, 3.8) is 0 Å². The van der Waals surface area contributed by atoms with Crippen LogP contribution in [0, 0.1) is 16.0 Å². The summed E-state index contributed by atoms with van der Waals surface area (Å²) in [5.41, 5.74) is 0.854. The number of carbonyl (C=O) groups excluding carboxylic acids is 2. The quantitative estimate of drug-likeness (QED) is 0.644. The molecule has 0 aliphatic carbocycles. The molecule has 1 fully saturated rings. The van der Waals surface area contributed by atoms with Crippen LogP contribution in [-0.2, 0) is 4.79 Å². The summed E-state index contributed by atoms with van der Waals surface area (Å²) in [7, 11) is 0. The molecule has 8 heteroatoms. The van der Waals surface area contributed by atoms with Gasteiger partial charge in [0, 0.05) is 53.8 Å². The van der Waals surface area contributed by atoms with Crippen molar-refractivity contribution in [2.24, 2.45) is 5.92 Å². The second-order valence-corrected chi connectivity index (χ2v) is 6.50. The standard InChI is InChI=1S/C18H16ClN3O4/c19-14-4-6-15(7-5-14)21-11-12(8-17(21)23)10-20-18(24)13-2-1-3-16(9-13)22(25)26/h1-7,9,12H,8,10-11H2,(H,20,24). The lowest BCUT2D eigenvalue weighted by Crippen LogP contribution is -2.31. The number of nitrogens with zero attached hydrogens (tertiary/aromatic N) is 2. The van der Waals surface area contributed by atoms with E-state index in [1.54, 1.807) is 29.2 Å². The SMILES string of the molecule is O=C(NCC1CC(=O)N(c2ccc(Cl)cc2)C1)c1cccc([N+](=O)[O-])c1. The lowest BCUT2D eigenvalue weighted by molar-refractivity contribution is -0.384. The van der Waals surface area contributed by atoms with Crippen LogP contribution in [0.4, 0.5) is 11.4 Å². The Morgan fingerprint density at radius 2 is 2.00 bits per heavy atom. The first-order valence-electron chi connectivity index (χ1n) is 8.02. The van der Waals surface area contributed by atoms with Crippen LogP contribution in [0.5, 0.6) is 0 Å². The first-order chi connectivity index (χ1) is 12.4. The molecule has 0 saturated carbocycles. The van der Waals surface area contributed by atoms with Crippen LogP contribution in [-0.4, -0.2) is 29.8 Å². The Balaban J connectivity index is 1.59. The van der Waals surface area contributed by atoms with Crippen LogP contribution in [0.3, 0.4) is 0 Å². The molecule has 0 aromatic heterocycles. The van der Waals surface area contributed by atoms with Crippen molar-refractivity contribution < 1.29 is 14.5 Å². The van der Waals surface area contributed by atoms with Crippen molar-refractivity contribution in [3.8, 4) is 0 Å². The Bertz CT molecular complexity index is 854. The van der Waals surface area contributed by atoms with Crippen molar-refractivity contribution in [1.29, 1.82) is 0 Å². The zero-order valence-corrected chi connectivity index (χ0v) is 14.5. The van der Waals surface area contributed by atoms with Crippen LogP contribution in [0.15, 0.2) is 48.5 Å². The molecule has 3 rings (SSSR count). The molecule has 1 saturated heterocycles. The number of rotatable bonds is 5. The van der Waals surface area contributed by atoms with Crippen molar-refractivity contribution >= 4 is 34.8 Å². The second-order valence-electron chi connectivity index (χ2n) is 6.07. The Kier molecular flexibility index (Phi) is 5.18. The predicted molar refractivity (Wildman–Crippen MR) is 97.3 cm³/mol. The summed E-state index contributed by atoms with van der Waals surface area (Å²) in [5.74, 6) is -0.436. The Labute approximate surface area is 154 Å². The van der Waals surface area contributed by atoms with Gasteiger partial charge in [-0.05, 0) is 30.3 Å². The van der Waals surface area contributed by atoms with Gasteiger partial charge in [0.2, 0.25) is 5.91 Å². The van der Waals surface area contributed by atoms with Crippen LogP contribution in [0.2, 0.25) is 5.02 Å². The highest BCUT2D eigenvalue weighted by molar-refractivity contribution is 6.30. The number of hydrogen-bond donors (Lipinski definition) is 1. The summed E-state index contributed by atoms with van der Waals surface area (Å²) in [6.45, 7) is 0.813. The van der Waals surface area contributed by atoms with Crippen molar-refractivity contribution in [1.82, 2.24) is 5.32 Å². The summed E-state index contributed by atoms with van der Waals surface area (Å²) in [6.07, 6.45) is 0.331. The molecule has 1 unspecified atom stereocenters. The van der Waals surface area contributed by atoms with E-state index in [1.165, 1.54) is 24.3 Å². The fourth-order valence-electron chi connectivity index (χ4n) is 2.89. The van der Waals surface area contributed by atoms with E-state index in [0.717, 1.165) is 5.69 Å². The lowest BCUT2D eigenvalue weighted by atomic mass is 10.1. The van der Waals surface area contributed by atoms with Gasteiger partial charge in [0.15, 0.2) is 0 Å². The Morgan fingerprint density at radius 3 is 2.69 bits per heavy atom. The van der Waals surface area contributed by atoms with Crippen LogP contribution in [0.25, 0.3) is 0 Å². The number of nitro groups is 1. The fourth-order valence-corrected chi connectivity index (χ4v) is 3.01. The minimum atomic E-state index is -0.545. The molecule has 0 radical (unpaired) electrons. The van der Waals surface area contributed by atoms with Crippen molar-refractivity contribution in [2.75, 3.05) is 18.0 Å². The van der Waals surface area contributed by atoms with Crippen LogP contribution < -0.4 is 10.2 Å². The van der Waals surface area contributed by atoms with Crippen molar-refractivity contribution in [2.45, 2.75) is 6.42 Å². The van der Waals surface area contributed by atoms with Gasteiger partial charge in [0.25, 0.3) is 11.6 Å². The average molecular weight is 374 g/mol. The highest BCUT2D eigenvalue weighted by Crippen LogP contribution is 2.26. The number of benzene rings is 2. The van der Waals surface area contributed by atoms with Gasteiger partial charge in [-0.15, -0.1) is 0 Å². The van der Waals surface area contributed by atoms with E-state index in [-0.39, 0.29) is 23.1 Å². The maximum atomic E-state index is 12.2. The molecule has 1 atom stereocenters. The number of carbonyl (C=O) groups is 2. The number of nitrogens with one attached hydrogen (secondary N) is 1. The molecule has 2 aromatic carbocycles. The van der Waals surface area contributed by atoms with Gasteiger partial charge in [-0.1, -0.05) is 17.7 Å². The number of anilines is 1. The van der Waals surface area contributed by atoms with Gasteiger partial charge >= 0.3 is 0 Å². The van der Waals surface area contributed by atoms with Gasteiger partial charge in [0.05, 0.1) is 4.92 Å². The smallest absolute Gasteiger partial charge is 0.270 e. The minimum Gasteiger partial charge on any atom is -0.352 e. The molecule has 7 nitrogen and oxygen atoms in total. The fraction of sp³-hybridized carbons (Fsp3) is 0.222. The zero-order chi connectivity index (χ0) is 18.7. The molecule has 26 heavy (non-hydrogen) atoms. The van der Waals surface area contributed by atoms with E-state index >= 15 is 0 Å². The Hall–Kier alpha value is -2.93. The lowest BCUT2D eigenvalue weighted by Gasteiger charge is -2.17. The summed E-state index contributed by atoms with van der Waals surface area (Å²) in [4.78, 5) is 36.3. The summed E-state index contributed by atoms with van der Waals surface area (Å²) >= 11 is 5.86. The predicted octanol–water partition coefficient (Wildman–Crippen LogP) is 3.03. The van der Waals surface area contributed by atoms with E-state index in [0.29, 0.717) is 24.5 Å². The molecule has 1 aliphatic rings. The first kappa shape index (κ1) is 17.9. The summed E-state index contributed by atoms with van der Waals surface area (Å²) in [5, 5.41) is 14.1. The van der Waals surface area contributed by atoms with E-state index in [9.17, 15) is 19.7 Å². The molecule has 1 N–H and O–H groups in total. The molecular formula is C18H16ClN3O4. The van der Waals surface area contributed by atoms with Gasteiger partial charge in [0.1, 0.15) is 0 Å². The zero-order valence-electron chi connectivity index (χ0n) is 13.7. The molecule has 0 spiro atoms. The third kappa shape index (κ3) is 4.00. The van der Waals surface area contributed by atoms with E-state index in [2.05, 4.69) is 5.32 Å². The number of non-ortho nitro benzene ring substituents is 1. The number of nitro benzene ring substituents is 1. The molecule has 1 aliphatic heterocycles. The second kappa shape index (κ2) is 7.53. The van der Waals surface area contributed by atoms with Gasteiger partial charge < -0.3 is 10.2 Å². The molecule has 134 valence electrons. The first-order valence-corrected chi connectivity index (χ1v) is 8.40. The van der Waals surface area contributed by atoms with E-state index < -0.39 is 10.8 Å². The normalized spacial score (nSPS) is 16.6. The Morgan fingerprint density at radius 1 is 1.27 bits per heavy atom. The van der Waals surface area contributed by atoms with Gasteiger partial charge in [-0.3, -0.25) is 19.7 Å². The number of halogens is 1. The van der Waals surface area contributed by atoms with Gasteiger partial charge in [-0.2, -0.15) is 0 Å². The summed E-state index contributed by atoms with van der Waals surface area (Å²) in [6, 6.07) is 12.6. The maximum absolute atomic E-state index is 12.2. The molecule has 1 heterocycles. The third-order valence-electron chi connectivity index (χ3n) is 4.21. The van der Waals surface area contributed by atoms with Crippen LogP contribution in [0.1, 0.15) is 16.8 Å². The number of amides is 2. The van der Waals surface area contributed by atoms with Gasteiger partial charge in [-0.25, -0.2) is 0 Å². The van der Waals surface area contributed by atoms with Crippen LogP contribution >= 0.6 is 11.6 Å². The molecule has 0 bridgehead atoms. The van der Waals surface area contributed by atoms with Crippen molar-refractivity contribution in [3.05, 3.63) is 69.2 Å². The number of hydrogen-bond acceptors (Lipinski definition) is 4. The molecule has 2 aromatic rings. The van der Waals surface area contributed by atoms with E-state index in [4.69, 9.17) is 11.6 Å².